The molecule has 2 heterocycles. The van der Waals surface area contributed by atoms with E-state index in [1.165, 1.54) is 0 Å². The molecule has 2 aromatic carbocycles. The van der Waals surface area contributed by atoms with Crippen molar-refractivity contribution in [3.8, 4) is 11.5 Å². The minimum atomic E-state index is 0.286. The molecular weight excluding hydrogens is 291 g/mol. The molecule has 0 aliphatic carbocycles. The van der Waals surface area contributed by atoms with E-state index in [-0.39, 0.29) is 12.2 Å². The van der Waals surface area contributed by atoms with Crippen LogP contribution in [0.15, 0.2) is 48.5 Å². The van der Waals surface area contributed by atoms with Gasteiger partial charge in [0.05, 0.1) is 13.2 Å². The van der Waals surface area contributed by atoms with Gasteiger partial charge in [0, 0.05) is 0 Å². The zero-order valence-electron chi connectivity index (χ0n) is 12.8. The maximum absolute atomic E-state index is 5.64. The van der Waals surface area contributed by atoms with Gasteiger partial charge in [0.2, 0.25) is 0 Å². The predicted octanol–water partition coefficient (Wildman–Crippen LogP) is 0.897. The van der Waals surface area contributed by atoms with Crippen molar-refractivity contribution in [3.63, 3.8) is 0 Å². The quantitative estimate of drug-likeness (QED) is 0.537. The maximum atomic E-state index is 5.64. The summed E-state index contributed by atoms with van der Waals surface area (Å²) in [6, 6.07) is 16.2. The highest BCUT2D eigenvalue weighted by Gasteiger charge is 2.23. The first-order valence-corrected chi connectivity index (χ1v) is 7.89. The van der Waals surface area contributed by atoms with E-state index < -0.39 is 0 Å². The highest BCUT2D eigenvalue weighted by molar-refractivity contribution is 6.67. The van der Waals surface area contributed by atoms with Crippen molar-refractivity contribution in [3.05, 3.63) is 48.5 Å². The molecule has 0 bridgehead atoms. The molecule has 0 aromatic heterocycles. The third kappa shape index (κ3) is 4.50. The van der Waals surface area contributed by atoms with Gasteiger partial charge < -0.3 is 18.9 Å². The lowest BCUT2D eigenvalue weighted by molar-refractivity contribution is 0.263. The topological polar surface area (TPSA) is 43.5 Å². The van der Waals surface area contributed by atoms with Crippen LogP contribution in [-0.2, 0) is 9.47 Å². The summed E-state index contributed by atoms with van der Waals surface area (Å²) in [6.45, 7) is 2.91. The highest BCUT2D eigenvalue weighted by Crippen LogP contribution is 2.14. The Bertz CT molecular complexity index is 576. The van der Waals surface area contributed by atoms with Crippen LogP contribution in [0.1, 0.15) is 0 Å². The third-order valence-electron chi connectivity index (χ3n) is 3.77. The lowest BCUT2D eigenvalue weighted by Gasteiger charge is -2.07. The fourth-order valence-corrected chi connectivity index (χ4v) is 2.22. The lowest BCUT2D eigenvalue weighted by atomic mass is 9.64. The number of epoxide rings is 2. The van der Waals surface area contributed by atoms with Gasteiger partial charge in [0.25, 0.3) is 0 Å². The normalized spacial score (nSPS) is 21.6. The van der Waals surface area contributed by atoms with Gasteiger partial charge in [-0.1, -0.05) is 35.2 Å². The minimum absolute atomic E-state index is 0.286. The van der Waals surface area contributed by atoms with Crippen LogP contribution in [0.25, 0.3) is 0 Å². The molecule has 2 unspecified atom stereocenters. The summed E-state index contributed by atoms with van der Waals surface area (Å²) >= 11 is 0. The minimum Gasteiger partial charge on any atom is -0.491 e. The Morgan fingerprint density at radius 3 is 1.48 bits per heavy atom. The van der Waals surface area contributed by atoms with Crippen molar-refractivity contribution in [2.24, 2.45) is 0 Å². The summed E-state index contributed by atoms with van der Waals surface area (Å²) in [6.07, 6.45) is 0.571. The number of ether oxygens (including phenoxy) is 4. The third-order valence-corrected chi connectivity index (χ3v) is 3.77. The van der Waals surface area contributed by atoms with Crippen LogP contribution in [0.4, 0.5) is 0 Å². The fourth-order valence-electron chi connectivity index (χ4n) is 2.22. The number of rotatable bonds is 8. The van der Waals surface area contributed by atoms with E-state index in [0.29, 0.717) is 13.2 Å². The van der Waals surface area contributed by atoms with Crippen LogP contribution >= 0.6 is 0 Å². The van der Waals surface area contributed by atoms with Crippen LogP contribution in [-0.4, -0.2) is 45.9 Å². The molecule has 0 spiro atoms. The Morgan fingerprint density at radius 2 is 1.13 bits per heavy atom. The van der Waals surface area contributed by atoms with E-state index in [4.69, 9.17) is 18.9 Å². The van der Waals surface area contributed by atoms with Gasteiger partial charge in [0.15, 0.2) is 7.28 Å². The van der Waals surface area contributed by atoms with Crippen LogP contribution in [0.3, 0.4) is 0 Å². The van der Waals surface area contributed by atoms with E-state index in [1.807, 2.05) is 24.3 Å². The molecule has 23 heavy (non-hydrogen) atoms. The van der Waals surface area contributed by atoms with E-state index in [0.717, 1.165) is 35.6 Å². The highest BCUT2D eigenvalue weighted by atomic mass is 16.6. The molecule has 1 radical (unpaired) electrons. The Morgan fingerprint density at radius 1 is 0.739 bits per heavy atom. The van der Waals surface area contributed by atoms with E-state index in [1.54, 1.807) is 0 Å². The zero-order chi connectivity index (χ0) is 15.5. The molecule has 0 saturated carbocycles. The smallest absolute Gasteiger partial charge is 0.191 e. The molecular formula is C18H18BO4. The molecule has 2 aliphatic heterocycles. The van der Waals surface area contributed by atoms with Gasteiger partial charge in [-0.15, -0.1) is 0 Å². The van der Waals surface area contributed by atoms with Crippen molar-refractivity contribution < 1.29 is 18.9 Å². The van der Waals surface area contributed by atoms with Gasteiger partial charge >= 0.3 is 0 Å². The SMILES string of the molecule is [B](c1ccc(OCC2CO2)cc1)c1ccc(OCC2CO2)cc1. The predicted molar refractivity (Wildman–Crippen MR) is 88.4 cm³/mol. The molecule has 117 valence electrons. The van der Waals surface area contributed by atoms with E-state index in [2.05, 4.69) is 31.5 Å². The van der Waals surface area contributed by atoms with Crippen LogP contribution in [0, 0.1) is 0 Å². The molecule has 4 nitrogen and oxygen atoms in total. The average molecular weight is 309 g/mol. The first-order chi connectivity index (χ1) is 11.3. The molecule has 2 aliphatic rings. The number of hydrogen-bond acceptors (Lipinski definition) is 4. The summed E-state index contributed by atoms with van der Waals surface area (Å²) < 4.78 is 21.5. The van der Waals surface area contributed by atoms with E-state index in [9.17, 15) is 0 Å². The maximum Gasteiger partial charge on any atom is 0.191 e. The Labute approximate surface area is 136 Å². The van der Waals surface area contributed by atoms with Gasteiger partial charge in [-0.05, 0) is 24.3 Å². The standard InChI is InChI=1S/C18H18BO4/c1-5-15(20-9-17-11-22-17)6-2-13(1)19-14-3-7-16(8-4-14)21-10-18-12-23-18/h1-8,17-18H,9-12H2. The summed E-state index contributed by atoms with van der Waals surface area (Å²) in [7, 11) is 2.13. The van der Waals surface area contributed by atoms with Crippen LogP contribution in [0.5, 0.6) is 11.5 Å². The van der Waals surface area contributed by atoms with Crippen molar-refractivity contribution in [2.45, 2.75) is 12.2 Å². The molecule has 0 N–H and O–H groups in total. The first kappa shape index (κ1) is 14.6. The molecule has 4 rings (SSSR count). The monoisotopic (exact) mass is 309 g/mol. The Kier molecular flexibility index (Phi) is 4.22. The average Bonchev–Trinajstić information content (AvgIpc) is 3.48. The lowest BCUT2D eigenvalue weighted by Crippen LogP contribution is -2.26. The van der Waals surface area contributed by atoms with Crippen molar-refractivity contribution in [1.82, 2.24) is 0 Å². The second-order valence-corrected chi connectivity index (χ2v) is 5.82. The molecule has 2 fully saturated rings. The van der Waals surface area contributed by atoms with Crippen molar-refractivity contribution >= 4 is 18.2 Å². The summed E-state index contributed by atoms with van der Waals surface area (Å²) in [4.78, 5) is 0. The largest absolute Gasteiger partial charge is 0.491 e. The molecule has 0 amide bonds. The Balaban J connectivity index is 1.29. The Hall–Kier alpha value is -1.98. The first-order valence-electron chi connectivity index (χ1n) is 7.89. The van der Waals surface area contributed by atoms with Gasteiger partial charge in [-0.2, -0.15) is 0 Å². The molecule has 2 aromatic rings. The number of hydrogen-bond donors (Lipinski definition) is 0. The zero-order valence-corrected chi connectivity index (χ0v) is 12.8. The van der Waals surface area contributed by atoms with Gasteiger partial charge in [-0.25, -0.2) is 0 Å². The van der Waals surface area contributed by atoms with Crippen LogP contribution < -0.4 is 20.4 Å². The van der Waals surface area contributed by atoms with Gasteiger partial charge in [-0.3, -0.25) is 0 Å². The van der Waals surface area contributed by atoms with Gasteiger partial charge in [0.1, 0.15) is 36.9 Å². The second-order valence-electron chi connectivity index (χ2n) is 5.82. The summed E-state index contributed by atoms with van der Waals surface area (Å²) in [5.41, 5.74) is 2.28. The summed E-state index contributed by atoms with van der Waals surface area (Å²) in [5, 5.41) is 0. The molecule has 2 atom stereocenters. The van der Waals surface area contributed by atoms with E-state index >= 15 is 0 Å². The molecule has 5 heteroatoms. The number of benzene rings is 2. The molecule has 2 saturated heterocycles. The van der Waals surface area contributed by atoms with Crippen LogP contribution in [0.2, 0.25) is 0 Å². The summed E-state index contributed by atoms with van der Waals surface area (Å²) in [5.74, 6) is 1.76. The van der Waals surface area contributed by atoms with Crippen molar-refractivity contribution in [2.75, 3.05) is 26.4 Å². The fraction of sp³-hybridized carbons (Fsp3) is 0.333. The van der Waals surface area contributed by atoms with Crippen molar-refractivity contribution in [1.29, 1.82) is 0 Å². The second kappa shape index (κ2) is 6.65.